The fraction of sp³-hybridized carbons (Fsp3) is 0.381. The van der Waals surface area contributed by atoms with E-state index in [0.717, 1.165) is 48.4 Å². The lowest BCUT2D eigenvalue weighted by molar-refractivity contribution is -0.145. The summed E-state index contributed by atoms with van der Waals surface area (Å²) < 4.78 is 40.3. The molecule has 8 heteroatoms. The molecule has 29 heavy (non-hydrogen) atoms. The lowest BCUT2D eigenvalue weighted by Gasteiger charge is -2.21. The van der Waals surface area contributed by atoms with Crippen molar-refractivity contribution in [2.24, 2.45) is 7.05 Å². The molecular formula is C21H22F3N5. The highest BCUT2D eigenvalue weighted by molar-refractivity contribution is 5.65. The number of benzene rings is 1. The van der Waals surface area contributed by atoms with Crippen molar-refractivity contribution >= 4 is 0 Å². The van der Waals surface area contributed by atoms with Gasteiger partial charge in [-0.1, -0.05) is 30.3 Å². The highest BCUT2D eigenvalue weighted by Crippen LogP contribution is 2.29. The Hall–Kier alpha value is -2.74. The van der Waals surface area contributed by atoms with Crippen molar-refractivity contribution in [3.05, 3.63) is 64.9 Å². The van der Waals surface area contributed by atoms with E-state index in [1.165, 1.54) is 11.8 Å². The van der Waals surface area contributed by atoms with Crippen molar-refractivity contribution in [3.63, 3.8) is 0 Å². The Morgan fingerprint density at radius 1 is 1.07 bits per heavy atom. The van der Waals surface area contributed by atoms with Crippen molar-refractivity contribution in [3.8, 4) is 11.3 Å². The van der Waals surface area contributed by atoms with Gasteiger partial charge in [-0.15, -0.1) is 0 Å². The summed E-state index contributed by atoms with van der Waals surface area (Å²) >= 11 is 0. The second-order valence-corrected chi connectivity index (χ2v) is 7.34. The van der Waals surface area contributed by atoms with Gasteiger partial charge in [0.15, 0.2) is 0 Å². The van der Waals surface area contributed by atoms with Gasteiger partial charge in [-0.05, 0) is 13.3 Å². The third-order valence-corrected chi connectivity index (χ3v) is 5.35. The van der Waals surface area contributed by atoms with Crippen molar-refractivity contribution in [2.45, 2.75) is 32.5 Å². The fourth-order valence-corrected chi connectivity index (χ4v) is 3.87. The lowest BCUT2D eigenvalue weighted by atomic mass is 10.0. The molecule has 3 heterocycles. The van der Waals surface area contributed by atoms with Gasteiger partial charge >= 0.3 is 6.18 Å². The number of aryl methyl sites for hydroxylation is 2. The van der Waals surface area contributed by atoms with Crippen LogP contribution in [0.1, 0.15) is 28.3 Å². The zero-order chi connectivity index (χ0) is 20.6. The van der Waals surface area contributed by atoms with Crippen LogP contribution in [0.15, 0.2) is 36.5 Å². The number of rotatable bonds is 3. The molecule has 0 saturated heterocycles. The molecule has 0 N–H and O–H groups in total. The molecule has 1 aliphatic rings. The Morgan fingerprint density at radius 2 is 1.79 bits per heavy atom. The first-order valence-corrected chi connectivity index (χ1v) is 9.55. The molecule has 5 nitrogen and oxygen atoms in total. The maximum Gasteiger partial charge on any atom is 0.451 e. The summed E-state index contributed by atoms with van der Waals surface area (Å²) in [5, 5.41) is 4.73. The van der Waals surface area contributed by atoms with Crippen LogP contribution in [0.3, 0.4) is 0 Å². The number of halogens is 3. The first kappa shape index (κ1) is 19.6. The topological polar surface area (TPSA) is 46.8 Å². The summed E-state index contributed by atoms with van der Waals surface area (Å²) in [6.07, 6.45) is -1.57. The molecule has 0 atom stereocenters. The van der Waals surface area contributed by atoms with Crippen LogP contribution in [0, 0.1) is 6.92 Å². The molecule has 1 aromatic carbocycles. The number of fused-ring (bicyclic) bond motifs is 1. The molecule has 0 unspecified atom stereocenters. The molecule has 0 saturated carbocycles. The fourth-order valence-electron chi connectivity index (χ4n) is 3.87. The normalized spacial score (nSPS) is 15.2. The van der Waals surface area contributed by atoms with Gasteiger partial charge in [-0.2, -0.15) is 18.3 Å². The smallest absolute Gasteiger partial charge is 0.298 e. The second-order valence-electron chi connectivity index (χ2n) is 7.34. The van der Waals surface area contributed by atoms with E-state index in [0.29, 0.717) is 12.2 Å². The van der Waals surface area contributed by atoms with Gasteiger partial charge in [0.1, 0.15) is 0 Å². The molecule has 0 aliphatic carbocycles. The van der Waals surface area contributed by atoms with E-state index < -0.39 is 12.0 Å². The molecule has 2 aromatic heterocycles. The second kappa shape index (κ2) is 7.59. The zero-order valence-corrected chi connectivity index (χ0v) is 16.4. The minimum absolute atomic E-state index is 0.373. The van der Waals surface area contributed by atoms with Gasteiger partial charge in [0.05, 0.1) is 11.4 Å². The molecule has 0 radical (unpaired) electrons. The number of hydrogen-bond donors (Lipinski definition) is 0. The van der Waals surface area contributed by atoms with E-state index in [9.17, 15) is 13.2 Å². The van der Waals surface area contributed by atoms with E-state index in [1.54, 1.807) is 6.92 Å². The van der Waals surface area contributed by atoms with Crippen molar-refractivity contribution in [2.75, 3.05) is 13.1 Å². The molecule has 3 aromatic rings. The third-order valence-electron chi connectivity index (χ3n) is 5.35. The predicted molar refractivity (Wildman–Crippen MR) is 103 cm³/mol. The predicted octanol–water partition coefficient (Wildman–Crippen LogP) is 3.81. The molecule has 152 valence electrons. The zero-order valence-electron chi connectivity index (χ0n) is 16.4. The largest absolute Gasteiger partial charge is 0.451 e. The van der Waals surface area contributed by atoms with Gasteiger partial charge < -0.3 is 0 Å². The van der Waals surface area contributed by atoms with Crippen LogP contribution in [-0.2, 0) is 32.6 Å². The van der Waals surface area contributed by atoms with E-state index in [4.69, 9.17) is 5.10 Å². The van der Waals surface area contributed by atoms with Crippen molar-refractivity contribution in [1.29, 1.82) is 0 Å². The van der Waals surface area contributed by atoms with Gasteiger partial charge in [-0.3, -0.25) is 9.58 Å². The maximum atomic E-state index is 12.8. The lowest BCUT2D eigenvalue weighted by Crippen LogP contribution is -2.27. The Labute approximate surface area is 167 Å². The summed E-state index contributed by atoms with van der Waals surface area (Å²) in [7, 11) is 1.97. The van der Waals surface area contributed by atoms with Crippen LogP contribution in [-0.4, -0.2) is 37.7 Å². The standard InChI is InChI=1S/C21H22F3N5/c1-14-16(12-25-20(26-14)21(22,23)24)13-29-10-8-17-18(9-11-29)27-28(2)19(17)15-6-4-3-5-7-15/h3-7,12H,8-11,13H2,1-2H3. The Morgan fingerprint density at radius 3 is 2.48 bits per heavy atom. The summed E-state index contributed by atoms with van der Waals surface area (Å²) in [6.45, 7) is 3.73. The van der Waals surface area contributed by atoms with Gasteiger partial charge in [0.25, 0.3) is 0 Å². The highest BCUT2D eigenvalue weighted by Gasteiger charge is 2.35. The van der Waals surface area contributed by atoms with Crippen LogP contribution in [0.2, 0.25) is 0 Å². The van der Waals surface area contributed by atoms with Crippen molar-refractivity contribution in [1.82, 2.24) is 24.6 Å². The number of hydrogen-bond acceptors (Lipinski definition) is 4. The quantitative estimate of drug-likeness (QED) is 0.670. The Bertz CT molecular complexity index is 1010. The van der Waals surface area contributed by atoms with Crippen LogP contribution >= 0.6 is 0 Å². The minimum atomic E-state index is -4.52. The van der Waals surface area contributed by atoms with Crippen molar-refractivity contribution < 1.29 is 13.2 Å². The maximum absolute atomic E-state index is 12.8. The van der Waals surface area contributed by atoms with Gasteiger partial charge in [0.2, 0.25) is 5.82 Å². The summed E-state index contributed by atoms with van der Waals surface area (Å²) in [6, 6.07) is 10.2. The minimum Gasteiger partial charge on any atom is -0.298 e. The van der Waals surface area contributed by atoms with Crippen LogP contribution in [0.25, 0.3) is 11.3 Å². The van der Waals surface area contributed by atoms with E-state index >= 15 is 0 Å². The Balaban J connectivity index is 1.52. The first-order valence-electron chi connectivity index (χ1n) is 9.55. The summed E-state index contributed by atoms with van der Waals surface area (Å²) in [4.78, 5) is 9.40. The average molecular weight is 401 g/mol. The molecule has 1 aliphatic heterocycles. The molecule has 0 fully saturated rings. The average Bonchev–Trinajstić information content (AvgIpc) is 2.87. The molecule has 0 spiro atoms. The number of alkyl halides is 3. The summed E-state index contributed by atoms with van der Waals surface area (Å²) in [5.74, 6) is -1.08. The number of nitrogens with zero attached hydrogens (tertiary/aromatic N) is 5. The third kappa shape index (κ3) is 4.03. The van der Waals surface area contributed by atoms with Gasteiger partial charge in [0, 0.05) is 61.7 Å². The first-order chi connectivity index (χ1) is 13.8. The SMILES string of the molecule is Cc1nc(C(F)(F)F)ncc1CN1CCc2nn(C)c(-c3ccccc3)c2CC1. The van der Waals surface area contributed by atoms with Crippen LogP contribution in [0.4, 0.5) is 13.2 Å². The molecule has 4 rings (SSSR count). The van der Waals surface area contributed by atoms with Gasteiger partial charge in [-0.25, -0.2) is 9.97 Å². The van der Waals surface area contributed by atoms with E-state index in [1.807, 2.05) is 29.9 Å². The van der Waals surface area contributed by atoms with E-state index in [-0.39, 0.29) is 0 Å². The number of aromatic nitrogens is 4. The highest BCUT2D eigenvalue weighted by atomic mass is 19.4. The Kier molecular flexibility index (Phi) is 5.12. The van der Waals surface area contributed by atoms with Crippen LogP contribution in [0.5, 0.6) is 0 Å². The molecule has 0 bridgehead atoms. The molecular weight excluding hydrogens is 379 g/mol. The van der Waals surface area contributed by atoms with E-state index in [2.05, 4.69) is 27.0 Å². The monoisotopic (exact) mass is 401 g/mol. The summed E-state index contributed by atoms with van der Waals surface area (Å²) in [5.41, 5.74) is 5.72. The molecule has 0 amide bonds. The van der Waals surface area contributed by atoms with Crippen LogP contribution < -0.4 is 0 Å².